The van der Waals surface area contributed by atoms with E-state index in [9.17, 15) is 0 Å². The first-order chi connectivity index (χ1) is 29.3. The molecule has 0 bridgehead atoms. The van der Waals surface area contributed by atoms with Gasteiger partial charge in [-0.25, -0.2) is 0 Å². The Morgan fingerprint density at radius 3 is 0.730 bits per heavy atom. The molecule has 1 N–H and O–H groups in total. The minimum atomic E-state index is -0.0446. The Labute approximate surface area is 381 Å². The van der Waals surface area contributed by atoms with Crippen LogP contribution in [-0.2, 0) is 27.1 Å². The van der Waals surface area contributed by atoms with E-state index < -0.39 is 0 Å². The fourth-order valence-electron chi connectivity index (χ4n) is 8.31. The third-order valence-corrected chi connectivity index (χ3v) is 12.7. The summed E-state index contributed by atoms with van der Waals surface area (Å²) in [6.45, 7) is 34.3. The second-order valence-electron chi connectivity index (χ2n) is 23.0. The fourth-order valence-corrected chi connectivity index (χ4v) is 8.31. The zero-order chi connectivity index (χ0) is 45.7. The van der Waals surface area contributed by atoms with Crippen molar-refractivity contribution in [3.05, 3.63) is 179 Å². The van der Waals surface area contributed by atoms with E-state index in [2.05, 4.69) is 261 Å². The van der Waals surface area contributed by atoms with Crippen molar-refractivity contribution in [1.29, 1.82) is 0 Å². The van der Waals surface area contributed by atoms with Crippen LogP contribution in [-0.4, -0.2) is 0 Å². The molecular weight excluding hydrogens is 759 g/mol. The smallest absolute Gasteiger partial charge is 0.0543 e. The van der Waals surface area contributed by atoms with Crippen molar-refractivity contribution in [2.75, 3.05) is 5.32 Å². The number of benzene rings is 7. The quantitative estimate of drug-likeness (QED) is 0.169. The molecule has 1 nitrogen and oxygen atoms in total. The summed E-state index contributed by atoms with van der Waals surface area (Å²) in [6.07, 6.45) is 0. The van der Waals surface area contributed by atoms with Gasteiger partial charge in [0.2, 0.25) is 0 Å². The zero-order valence-corrected chi connectivity index (χ0v) is 40.9. The molecule has 0 spiro atoms. The highest BCUT2D eigenvalue weighted by Crippen LogP contribution is 2.44. The van der Waals surface area contributed by atoms with Gasteiger partial charge in [-0.05, 0) is 142 Å². The van der Waals surface area contributed by atoms with Crippen LogP contribution in [0.2, 0.25) is 0 Å². The molecule has 0 aliphatic heterocycles. The molecule has 0 aliphatic carbocycles. The van der Waals surface area contributed by atoms with Crippen LogP contribution in [0, 0.1) is 0 Å². The van der Waals surface area contributed by atoms with Gasteiger partial charge in [-0.3, -0.25) is 0 Å². The third-order valence-electron chi connectivity index (χ3n) is 12.7. The maximum atomic E-state index is 3.99. The molecule has 63 heavy (non-hydrogen) atoms. The van der Waals surface area contributed by atoms with E-state index in [1.54, 1.807) is 0 Å². The van der Waals surface area contributed by atoms with E-state index in [0.717, 1.165) is 11.4 Å². The van der Waals surface area contributed by atoms with E-state index in [1.807, 2.05) is 0 Å². The Morgan fingerprint density at radius 2 is 0.476 bits per heavy atom. The van der Waals surface area contributed by atoms with Crippen molar-refractivity contribution < 1.29 is 0 Å². The van der Waals surface area contributed by atoms with Crippen molar-refractivity contribution in [3.63, 3.8) is 0 Å². The molecule has 0 radical (unpaired) electrons. The number of hydrogen-bond acceptors (Lipinski definition) is 1. The molecule has 0 amide bonds. The molecule has 0 saturated carbocycles. The second kappa shape index (κ2) is 16.8. The summed E-state index contributed by atoms with van der Waals surface area (Å²) >= 11 is 0. The topological polar surface area (TPSA) is 12.0 Å². The van der Waals surface area contributed by atoms with Gasteiger partial charge in [0.25, 0.3) is 0 Å². The molecule has 0 aromatic heterocycles. The molecule has 1 heteroatoms. The predicted octanol–water partition coefficient (Wildman–Crippen LogP) is 18.3. The van der Waals surface area contributed by atoms with Gasteiger partial charge in [-0.2, -0.15) is 0 Å². The van der Waals surface area contributed by atoms with Crippen molar-refractivity contribution >= 4 is 11.4 Å². The summed E-state index contributed by atoms with van der Waals surface area (Å²) in [5, 5.41) is 3.99. The van der Waals surface area contributed by atoms with Gasteiger partial charge in [0.15, 0.2) is 0 Å². The monoisotopic (exact) mass is 830 g/mol. The van der Waals surface area contributed by atoms with Crippen LogP contribution in [0.4, 0.5) is 11.4 Å². The van der Waals surface area contributed by atoms with Crippen LogP contribution in [0.1, 0.15) is 132 Å². The van der Waals surface area contributed by atoms with Crippen LogP contribution in [0.15, 0.2) is 152 Å². The fraction of sp³-hybridized carbons (Fsp3) is 0.323. The summed E-state index contributed by atoms with van der Waals surface area (Å²) in [6, 6.07) is 57.6. The van der Waals surface area contributed by atoms with Gasteiger partial charge in [-0.15, -0.1) is 0 Å². The third kappa shape index (κ3) is 10.4. The molecule has 324 valence electrons. The molecule has 0 saturated heterocycles. The molecule has 0 heterocycles. The van der Waals surface area contributed by atoms with E-state index in [0.29, 0.717) is 0 Å². The lowest BCUT2D eigenvalue weighted by Gasteiger charge is -2.26. The van der Waals surface area contributed by atoms with Crippen LogP contribution >= 0.6 is 0 Å². The Hall–Kier alpha value is -5.66. The molecule has 0 aliphatic rings. The number of anilines is 2. The van der Waals surface area contributed by atoms with Crippen molar-refractivity contribution in [2.45, 2.75) is 131 Å². The largest absolute Gasteiger partial charge is 0.355 e. The molecule has 7 aromatic rings. The molecule has 0 atom stereocenters. The van der Waals surface area contributed by atoms with Crippen LogP contribution in [0.3, 0.4) is 0 Å². The van der Waals surface area contributed by atoms with Gasteiger partial charge in [0.1, 0.15) is 0 Å². The highest BCUT2D eigenvalue weighted by molar-refractivity contribution is 5.94. The van der Waals surface area contributed by atoms with Crippen molar-refractivity contribution in [2.24, 2.45) is 0 Å². The molecule has 0 unspecified atom stereocenters. The maximum absolute atomic E-state index is 3.99. The average Bonchev–Trinajstić information content (AvgIpc) is 3.22. The molecule has 0 fully saturated rings. The van der Waals surface area contributed by atoms with E-state index >= 15 is 0 Å². The van der Waals surface area contributed by atoms with Crippen molar-refractivity contribution in [1.82, 2.24) is 0 Å². The van der Waals surface area contributed by atoms with E-state index in [-0.39, 0.29) is 27.1 Å². The first-order valence-corrected chi connectivity index (χ1v) is 23.0. The molecule has 7 aromatic carbocycles. The lowest BCUT2D eigenvalue weighted by atomic mass is 9.81. The van der Waals surface area contributed by atoms with Gasteiger partial charge >= 0.3 is 0 Å². The molecular formula is C62H71N. The summed E-state index contributed by atoms with van der Waals surface area (Å²) < 4.78 is 0. The Balaban J connectivity index is 1.34. The summed E-state index contributed by atoms with van der Waals surface area (Å²) in [4.78, 5) is 0. The van der Waals surface area contributed by atoms with Crippen LogP contribution in [0.25, 0.3) is 55.6 Å². The standard InChI is InChI=1S/C62H71N/c1-58(2,3)49-26-16-41(17-27-49)46-36-47(42-18-28-50(29-19-42)59(4,5)6)38-48(37-46)43-24-34-54(35-25-43)63-57-55(44-20-30-51(31-21-44)60(7,8)9)39-53(62(13,14)15)40-56(57)45-22-32-52(33-23-45)61(10,11)12/h16-40,63H,1-15H3. The van der Waals surface area contributed by atoms with Gasteiger partial charge in [0.05, 0.1) is 5.69 Å². The number of rotatable bonds is 7. The number of nitrogens with one attached hydrogen (secondary N) is 1. The lowest BCUT2D eigenvalue weighted by molar-refractivity contribution is 0.590. The first-order valence-electron chi connectivity index (χ1n) is 23.0. The first kappa shape index (κ1) is 45.4. The summed E-state index contributed by atoms with van der Waals surface area (Å²) in [7, 11) is 0. The highest BCUT2D eigenvalue weighted by atomic mass is 14.9. The number of hydrogen-bond donors (Lipinski definition) is 1. The maximum Gasteiger partial charge on any atom is 0.0543 e. The van der Waals surface area contributed by atoms with Gasteiger partial charge < -0.3 is 5.32 Å². The lowest BCUT2D eigenvalue weighted by Crippen LogP contribution is -2.13. The van der Waals surface area contributed by atoms with Gasteiger partial charge in [0, 0.05) is 16.8 Å². The Kier molecular flexibility index (Phi) is 12.1. The Bertz CT molecular complexity index is 2520. The minimum Gasteiger partial charge on any atom is -0.355 e. The minimum absolute atomic E-state index is 0.0446. The second-order valence-corrected chi connectivity index (χ2v) is 23.0. The zero-order valence-electron chi connectivity index (χ0n) is 40.9. The van der Waals surface area contributed by atoms with Gasteiger partial charge in [-0.1, -0.05) is 213 Å². The average molecular weight is 830 g/mol. The highest BCUT2D eigenvalue weighted by Gasteiger charge is 2.23. The molecule has 7 rings (SSSR count). The van der Waals surface area contributed by atoms with Crippen LogP contribution < -0.4 is 5.32 Å². The summed E-state index contributed by atoms with van der Waals surface area (Å²) in [5.41, 5.74) is 21.2. The van der Waals surface area contributed by atoms with E-state index in [4.69, 9.17) is 0 Å². The van der Waals surface area contributed by atoms with Crippen molar-refractivity contribution in [3.8, 4) is 55.6 Å². The van der Waals surface area contributed by atoms with E-state index in [1.165, 1.54) is 83.5 Å². The Morgan fingerprint density at radius 1 is 0.238 bits per heavy atom. The normalized spacial score (nSPS) is 12.7. The SMILES string of the molecule is CC(C)(C)c1ccc(-c2cc(-c3ccc(Nc4c(-c5ccc(C(C)(C)C)cc5)cc(C(C)(C)C)cc4-c4ccc(C(C)(C)C)cc4)cc3)cc(-c3ccc(C(C)(C)C)cc3)c2)cc1. The summed E-state index contributed by atoms with van der Waals surface area (Å²) in [5.74, 6) is 0. The van der Waals surface area contributed by atoms with Crippen LogP contribution in [0.5, 0.6) is 0 Å². The predicted molar refractivity (Wildman–Crippen MR) is 277 cm³/mol.